The van der Waals surface area contributed by atoms with E-state index in [1.54, 1.807) is 0 Å². The summed E-state index contributed by atoms with van der Waals surface area (Å²) in [6.45, 7) is 1.56. The molecule has 0 bridgehead atoms. The lowest BCUT2D eigenvalue weighted by molar-refractivity contribution is -0.152. The molecule has 0 saturated heterocycles. The van der Waals surface area contributed by atoms with Gasteiger partial charge in [0, 0.05) is 39.0 Å². The number of carbonyl (C=O) groups is 2. The summed E-state index contributed by atoms with van der Waals surface area (Å²) >= 11 is 0. The largest absolute Gasteiger partial charge is 0.371 e. The van der Waals surface area contributed by atoms with Gasteiger partial charge in [0.1, 0.15) is 0 Å². The SMILES string of the molecule is NCCNOC(=O)CCCC(=O)ONCCN. The molecule has 0 aromatic heterocycles. The van der Waals surface area contributed by atoms with Gasteiger partial charge in [0.25, 0.3) is 0 Å². The molecular weight excluding hydrogens is 228 g/mol. The summed E-state index contributed by atoms with van der Waals surface area (Å²) < 4.78 is 0. The first-order valence-corrected chi connectivity index (χ1v) is 5.46. The molecular formula is C9H20N4O4. The lowest BCUT2D eigenvalue weighted by Crippen LogP contribution is -2.26. The van der Waals surface area contributed by atoms with Crippen molar-refractivity contribution in [2.75, 3.05) is 26.2 Å². The van der Waals surface area contributed by atoms with Crippen LogP contribution in [0.4, 0.5) is 0 Å². The Balaban J connectivity index is 3.36. The zero-order valence-corrected chi connectivity index (χ0v) is 9.74. The molecule has 0 spiro atoms. The van der Waals surface area contributed by atoms with Crippen molar-refractivity contribution in [3.05, 3.63) is 0 Å². The van der Waals surface area contributed by atoms with Gasteiger partial charge in [-0.2, -0.15) is 11.0 Å². The highest BCUT2D eigenvalue weighted by Crippen LogP contribution is 1.98. The molecule has 0 fully saturated rings. The van der Waals surface area contributed by atoms with Crippen LogP contribution in [0.5, 0.6) is 0 Å². The molecule has 0 unspecified atom stereocenters. The fraction of sp³-hybridized carbons (Fsp3) is 0.778. The molecule has 0 atom stereocenters. The molecule has 0 aliphatic heterocycles. The fourth-order valence-electron chi connectivity index (χ4n) is 0.860. The van der Waals surface area contributed by atoms with Crippen LogP contribution in [-0.2, 0) is 19.3 Å². The minimum Gasteiger partial charge on any atom is -0.371 e. The molecule has 0 radical (unpaired) electrons. The van der Waals surface area contributed by atoms with Crippen molar-refractivity contribution in [3.63, 3.8) is 0 Å². The predicted molar refractivity (Wildman–Crippen MR) is 60.1 cm³/mol. The van der Waals surface area contributed by atoms with Gasteiger partial charge >= 0.3 is 11.9 Å². The normalized spacial score (nSPS) is 10.0. The summed E-state index contributed by atoms with van der Waals surface area (Å²) in [5, 5.41) is 0. The molecule has 0 rings (SSSR count). The Morgan fingerprint density at radius 2 is 1.29 bits per heavy atom. The first kappa shape index (κ1) is 15.8. The van der Waals surface area contributed by atoms with Crippen LogP contribution in [0.1, 0.15) is 19.3 Å². The molecule has 0 aromatic carbocycles. The first-order valence-electron chi connectivity index (χ1n) is 5.46. The highest BCUT2D eigenvalue weighted by atomic mass is 16.7. The minimum absolute atomic E-state index is 0.142. The van der Waals surface area contributed by atoms with Crippen molar-refractivity contribution >= 4 is 11.9 Å². The van der Waals surface area contributed by atoms with Gasteiger partial charge in [0.15, 0.2) is 0 Å². The van der Waals surface area contributed by atoms with Crippen molar-refractivity contribution in [1.82, 2.24) is 11.0 Å². The van der Waals surface area contributed by atoms with Crippen LogP contribution in [0.3, 0.4) is 0 Å². The van der Waals surface area contributed by atoms with Gasteiger partial charge in [-0.15, -0.1) is 0 Å². The number of nitrogens with one attached hydrogen (secondary N) is 2. The molecule has 8 heteroatoms. The van der Waals surface area contributed by atoms with Crippen LogP contribution in [0.25, 0.3) is 0 Å². The van der Waals surface area contributed by atoms with Crippen molar-refractivity contribution < 1.29 is 19.3 Å². The molecule has 8 nitrogen and oxygen atoms in total. The minimum atomic E-state index is -0.429. The maximum Gasteiger partial charge on any atom is 0.324 e. The van der Waals surface area contributed by atoms with E-state index in [-0.39, 0.29) is 12.8 Å². The number of carbonyl (C=O) groups excluding carboxylic acids is 2. The van der Waals surface area contributed by atoms with Crippen molar-refractivity contribution in [1.29, 1.82) is 0 Å². The lowest BCUT2D eigenvalue weighted by atomic mass is 10.2. The maximum atomic E-state index is 11.0. The third-order valence-corrected chi connectivity index (χ3v) is 1.63. The van der Waals surface area contributed by atoms with Gasteiger partial charge in [-0.05, 0) is 6.42 Å². The molecule has 0 saturated carbocycles. The zero-order valence-electron chi connectivity index (χ0n) is 9.74. The van der Waals surface area contributed by atoms with Gasteiger partial charge in [-0.1, -0.05) is 0 Å². The van der Waals surface area contributed by atoms with E-state index < -0.39 is 11.9 Å². The first-order chi connectivity index (χ1) is 8.20. The number of hydrogen-bond acceptors (Lipinski definition) is 8. The Morgan fingerprint density at radius 3 is 1.65 bits per heavy atom. The lowest BCUT2D eigenvalue weighted by Gasteiger charge is -2.05. The smallest absolute Gasteiger partial charge is 0.324 e. The van der Waals surface area contributed by atoms with Gasteiger partial charge in [0.2, 0.25) is 0 Å². The second-order valence-electron chi connectivity index (χ2n) is 3.17. The van der Waals surface area contributed by atoms with Crippen LogP contribution in [0.15, 0.2) is 0 Å². The molecule has 0 amide bonds. The third-order valence-electron chi connectivity index (χ3n) is 1.63. The average Bonchev–Trinajstić information content (AvgIpc) is 2.30. The van der Waals surface area contributed by atoms with Crippen molar-refractivity contribution in [2.24, 2.45) is 11.5 Å². The van der Waals surface area contributed by atoms with E-state index in [1.807, 2.05) is 0 Å². The van der Waals surface area contributed by atoms with Gasteiger partial charge in [-0.3, -0.25) is 9.59 Å². The highest BCUT2D eigenvalue weighted by molar-refractivity contribution is 5.72. The quantitative estimate of drug-likeness (QED) is 0.262. The Bertz CT molecular complexity index is 203. The van der Waals surface area contributed by atoms with Crippen molar-refractivity contribution in [3.8, 4) is 0 Å². The summed E-state index contributed by atoms with van der Waals surface area (Å²) in [6.07, 6.45) is 0.652. The molecule has 17 heavy (non-hydrogen) atoms. The molecule has 6 N–H and O–H groups in total. The van der Waals surface area contributed by atoms with Crippen LogP contribution >= 0.6 is 0 Å². The van der Waals surface area contributed by atoms with Gasteiger partial charge in [0.05, 0.1) is 0 Å². The standard InChI is InChI=1S/C9H20N4O4/c10-4-6-12-16-8(14)2-1-3-9(15)17-13-7-5-11/h12-13H,1-7,10-11H2. The topological polar surface area (TPSA) is 129 Å². The van der Waals surface area contributed by atoms with E-state index in [4.69, 9.17) is 11.5 Å². The van der Waals surface area contributed by atoms with E-state index in [1.165, 1.54) is 0 Å². The molecule has 0 aliphatic carbocycles. The Hall–Kier alpha value is -1.22. The number of rotatable bonds is 10. The summed E-state index contributed by atoms with van der Waals surface area (Å²) in [5.41, 5.74) is 15.2. The van der Waals surface area contributed by atoms with E-state index >= 15 is 0 Å². The van der Waals surface area contributed by atoms with E-state index in [0.29, 0.717) is 32.6 Å². The predicted octanol–water partition coefficient (Wildman–Crippen LogP) is -1.83. The number of nitrogens with two attached hydrogens (primary N) is 2. The van der Waals surface area contributed by atoms with Crippen LogP contribution in [0.2, 0.25) is 0 Å². The third kappa shape index (κ3) is 11.1. The average molecular weight is 248 g/mol. The molecule has 0 aliphatic rings. The summed E-state index contributed by atoms with van der Waals surface area (Å²) in [4.78, 5) is 31.3. The molecule has 0 aromatic rings. The van der Waals surface area contributed by atoms with Crippen LogP contribution in [-0.4, -0.2) is 38.1 Å². The molecule has 0 heterocycles. The number of hydroxylamine groups is 2. The van der Waals surface area contributed by atoms with Crippen LogP contribution in [0, 0.1) is 0 Å². The Labute approximate surface area is 99.9 Å². The van der Waals surface area contributed by atoms with Gasteiger partial charge in [-0.25, -0.2) is 0 Å². The monoisotopic (exact) mass is 248 g/mol. The second kappa shape index (κ2) is 11.3. The van der Waals surface area contributed by atoms with Gasteiger partial charge < -0.3 is 21.1 Å². The number of hydrogen-bond donors (Lipinski definition) is 4. The summed E-state index contributed by atoms with van der Waals surface area (Å²) in [7, 11) is 0. The van der Waals surface area contributed by atoms with E-state index in [9.17, 15) is 9.59 Å². The van der Waals surface area contributed by atoms with Crippen LogP contribution < -0.4 is 22.4 Å². The highest BCUT2D eigenvalue weighted by Gasteiger charge is 2.07. The van der Waals surface area contributed by atoms with E-state index in [2.05, 4.69) is 20.6 Å². The summed E-state index contributed by atoms with van der Waals surface area (Å²) in [5.74, 6) is -0.859. The van der Waals surface area contributed by atoms with E-state index in [0.717, 1.165) is 0 Å². The Kier molecular flexibility index (Phi) is 10.5. The summed E-state index contributed by atoms with van der Waals surface area (Å²) in [6, 6.07) is 0. The second-order valence-corrected chi connectivity index (χ2v) is 3.17. The maximum absolute atomic E-state index is 11.0. The fourth-order valence-corrected chi connectivity index (χ4v) is 0.860. The zero-order chi connectivity index (χ0) is 12.9. The Morgan fingerprint density at radius 1 is 0.882 bits per heavy atom. The molecule has 100 valence electrons. The van der Waals surface area contributed by atoms with Crippen molar-refractivity contribution in [2.45, 2.75) is 19.3 Å².